The number of phenols is 1. The van der Waals surface area contributed by atoms with Gasteiger partial charge in [0.05, 0.1) is 6.21 Å². The zero-order valence-electron chi connectivity index (χ0n) is 10.8. The summed E-state index contributed by atoms with van der Waals surface area (Å²) in [4.78, 5) is 11.8. The fourth-order valence-corrected chi connectivity index (χ4v) is 1.72. The molecular formula is C15H13ClN2O2. The van der Waals surface area contributed by atoms with Gasteiger partial charge in [-0.05, 0) is 48.9 Å². The zero-order chi connectivity index (χ0) is 14.5. The maximum Gasteiger partial charge on any atom is 0.271 e. The van der Waals surface area contributed by atoms with E-state index in [1.165, 1.54) is 6.21 Å². The maximum atomic E-state index is 11.8. The van der Waals surface area contributed by atoms with Crippen molar-refractivity contribution in [2.24, 2.45) is 5.10 Å². The highest BCUT2D eigenvalue weighted by molar-refractivity contribution is 6.30. The third-order valence-electron chi connectivity index (χ3n) is 2.66. The molecule has 2 rings (SSSR count). The number of rotatable bonds is 3. The summed E-state index contributed by atoms with van der Waals surface area (Å²) in [7, 11) is 0. The van der Waals surface area contributed by atoms with Gasteiger partial charge in [-0.25, -0.2) is 5.43 Å². The van der Waals surface area contributed by atoms with Crippen LogP contribution in [0.1, 0.15) is 21.5 Å². The Bertz CT molecular complexity index is 651. The van der Waals surface area contributed by atoms with Crippen LogP contribution in [0.3, 0.4) is 0 Å². The normalized spacial score (nSPS) is 10.7. The smallest absolute Gasteiger partial charge is 0.271 e. The second-order valence-electron chi connectivity index (χ2n) is 4.27. The largest absolute Gasteiger partial charge is 0.507 e. The highest BCUT2D eigenvalue weighted by atomic mass is 35.5. The number of phenolic OH excluding ortho intramolecular Hbond substituents is 1. The van der Waals surface area contributed by atoms with Crippen molar-refractivity contribution in [3.8, 4) is 5.75 Å². The minimum atomic E-state index is -0.343. The van der Waals surface area contributed by atoms with Gasteiger partial charge >= 0.3 is 0 Å². The number of hydrazone groups is 1. The number of benzene rings is 2. The minimum Gasteiger partial charge on any atom is -0.507 e. The number of amides is 1. The van der Waals surface area contributed by atoms with Gasteiger partial charge in [-0.1, -0.05) is 17.7 Å². The second-order valence-corrected chi connectivity index (χ2v) is 4.70. The number of aromatic hydroxyl groups is 1. The van der Waals surface area contributed by atoms with Crippen molar-refractivity contribution in [2.45, 2.75) is 6.92 Å². The molecule has 0 saturated carbocycles. The molecule has 20 heavy (non-hydrogen) atoms. The molecule has 0 aliphatic rings. The lowest BCUT2D eigenvalue weighted by Gasteiger charge is -2.01. The SMILES string of the molecule is Cc1ccc(/C=N/NC(=O)c2ccc(Cl)cc2)c(O)c1. The van der Waals surface area contributed by atoms with E-state index in [1.807, 2.05) is 13.0 Å². The lowest BCUT2D eigenvalue weighted by Crippen LogP contribution is -2.17. The first-order valence-corrected chi connectivity index (χ1v) is 6.32. The molecule has 0 aliphatic carbocycles. The fraction of sp³-hybridized carbons (Fsp3) is 0.0667. The first-order chi connectivity index (χ1) is 9.56. The fourth-order valence-electron chi connectivity index (χ4n) is 1.59. The van der Waals surface area contributed by atoms with Crippen LogP contribution in [-0.2, 0) is 0 Å². The van der Waals surface area contributed by atoms with Crippen molar-refractivity contribution in [3.05, 3.63) is 64.2 Å². The van der Waals surface area contributed by atoms with Crippen LogP contribution < -0.4 is 5.43 Å². The quantitative estimate of drug-likeness (QED) is 0.673. The van der Waals surface area contributed by atoms with E-state index in [2.05, 4.69) is 10.5 Å². The molecule has 0 bridgehead atoms. The number of nitrogens with one attached hydrogen (secondary N) is 1. The first-order valence-electron chi connectivity index (χ1n) is 5.95. The van der Waals surface area contributed by atoms with E-state index in [0.29, 0.717) is 16.1 Å². The monoisotopic (exact) mass is 288 g/mol. The molecule has 5 heteroatoms. The number of halogens is 1. The summed E-state index contributed by atoms with van der Waals surface area (Å²) >= 11 is 5.74. The molecule has 2 N–H and O–H groups in total. The minimum absolute atomic E-state index is 0.120. The number of carbonyl (C=O) groups excluding carboxylic acids is 1. The first kappa shape index (κ1) is 14.1. The highest BCUT2D eigenvalue weighted by Crippen LogP contribution is 2.16. The Morgan fingerprint density at radius 3 is 2.60 bits per heavy atom. The van der Waals surface area contributed by atoms with Crippen LogP contribution >= 0.6 is 11.6 Å². The number of hydrogen-bond acceptors (Lipinski definition) is 3. The van der Waals surface area contributed by atoms with E-state index < -0.39 is 0 Å². The van der Waals surface area contributed by atoms with E-state index in [0.717, 1.165) is 5.56 Å². The van der Waals surface area contributed by atoms with Crippen molar-refractivity contribution in [2.75, 3.05) is 0 Å². The lowest BCUT2D eigenvalue weighted by atomic mass is 10.1. The molecule has 0 spiro atoms. The van der Waals surface area contributed by atoms with Gasteiger partial charge in [0.1, 0.15) is 5.75 Å². The summed E-state index contributed by atoms with van der Waals surface area (Å²) in [6, 6.07) is 11.7. The van der Waals surface area contributed by atoms with E-state index in [4.69, 9.17) is 11.6 Å². The molecule has 0 saturated heterocycles. The Hall–Kier alpha value is -2.33. The summed E-state index contributed by atoms with van der Waals surface area (Å²) in [5.41, 5.74) is 4.33. The Kier molecular flexibility index (Phi) is 4.38. The van der Waals surface area contributed by atoms with Gasteiger partial charge in [0.2, 0.25) is 0 Å². The average Bonchev–Trinajstić information content (AvgIpc) is 2.42. The van der Waals surface area contributed by atoms with Gasteiger partial charge in [0.15, 0.2) is 0 Å². The molecule has 2 aromatic carbocycles. The van der Waals surface area contributed by atoms with E-state index in [1.54, 1.807) is 36.4 Å². The van der Waals surface area contributed by atoms with E-state index in [9.17, 15) is 9.90 Å². The molecular weight excluding hydrogens is 276 g/mol. The summed E-state index contributed by atoms with van der Waals surface area (Å²) in [6.45, 7) is 1.88. The van der Waals surface area contributed by atoms with Crippen LogP contribution in [0, 0.1) is 6.92 Å². The number of carbonyl (C=O) groups is 1. The van der Waals surface area contributed by atoms with Crippen LogP contribution in [0.15, 0.2) is 47.6 Å². The predicted molar refractivity (Wildman–Crippen MR) is 79.4 cm³/mol. The van der Waals surface area contributed by atoms with E-state index >= 15 is 0 Å². The number of hydrogen-bond donors (Lipinski definition) is 2. The van der Waals surface area contributed by atoms with Gasteiger partial charge in [0.25, 0.3) is 5.91 Å². The van der Waals surface area contributed by atoms with Gasteiger partial charge in [-0.2, -0.15) is 5.10 Å². The van der Waals surface area contributed by atoms with Crippen molar-refractivity contribution >= 4 is 23.7 Å². The van der Waals surface area contributed by atoms with Crippen LogP contribution in [0.2, 0.25) is 5.02 Å². The molecule has 102 valence electrons. The molecule has 1 amide bonds. The molecule has 0 heterocycles. The summed E-state index contributed by atoms with van der Waals surface area (Å²) in [5.74, 6) is -0.223. The van der Waals surface area contributed by atoms with Crippen LogP contribution in [-0.4, -0.2) is 17.2 Å². The Labute approximate surface area is 121 Å². The van der Waals surface area contributed by atoms with Crippen LogP contribution in [0.5, 0.6) is 5.75 Å². The van der Waals surface area contributed by atoms with Crippen molar-refractivity contribution in [1.82, 2.24) is 5.43 Å². The Balaban J connectivity index is 2.02. The molecule has 0 fully saturated rings. The van der Waals surface area contributed by atoms with Gasteiger partial charge < -0.3 is 5.11 Å². The molecule has 2 aromatic rings. The third kappa shape index (κ3) is 3.59. The maximum absolute atomic E-state index is 11.8. The molecule has 0 unspecified atom stereocenters. The standard InChI is InChI=1S/C15H13ClN2O2/c1-10-2-3-12(14(19)8-10)9-17-18-15(20)11-4-6-13(16)7-5-11/h2-9,19H,1H3,(H,18,20)/b17-9+. The number of aryl methyl sites for hydroxylation is 1. The lowest BCUT2D eigenvalue weighted by molar-refractivity contribution is 0.0955. The van der Waals surface area contributed by atoms with Crippen LogP contribution in [0.4, 0.5) is 0 Å². The molecule has 0 atom stereocenters. The molecule has 0 radical (unpaired) electrons. The second kappa shape index (κ2) is 6.21. The highest BCUT2D eigenvalue weighted by Gasteiger charge is 2.03. The summed E-state index contributed by atoms with van der Waals surface area (Å²) < 4.78 is 0. The molecule has 0 aliphatic heterocycles. The van der Waals surface area contributed by atoms with Crippen molar-refractivity contribution in [1.29, 1.82) is 0 Å². The average molecular weight is 289 g/mol. The van der Waals surface area contributed by atoms with E-state index in [-0.39, 0.29) is 11.7 Å². The Morgan fingerprint density at radius 2 is 1.95 bits per heavy atom. The van der Waals surface area contributed by atoms with Gasteiger partial charge in [-0.15, -0.1) is 0 Å². The molecule has 0 aromatic heterocycles. The Morgan fingerprint density at radius 1 is 1.25 bits per heavy atom. The van der Waals surface area contributed by atoms with Gasteiger partial charge in [0, 0.05) is 16.1 Å². The van der Waals surface area contributed by atoms with Crippen molar-refractivity contribution < 1.29 is 9.90 Å². The van der Waals surface area contributed by atoms with Crippen molar-refractivity contribution in [3.63, 3.8) is 0 Å². The summed E-state index contributed by atoms with van der Waals surface area (Å²) in [6.07, 6.45) is 1.39. The molecule has 4 nitrogen and oxygen atoms in total. The summed E-state index contributed by atoms with van der Waals surface area (Å²) in [5, 5.41) is 14.1. The van der Waals surface area contributed by atoms with Gasteiger partial charge in [-0.3, -0.25) is 4.79 Å². The third-order valence-corrected chi connectivity index (χ3v) is 2.91. The predicted octanol–water partition coefficient (Wildman–Crippen LogP) is 3.12. The topological polar surface area (TPSA) is 61.7 Å². The number of nitrogens with zero attached hydrogens (tertiary/aromatic N) is 1. The van der Waals surface area contributed by atoms with Crippen LogP contribution in [0.25, 0.3) is 0 Å². The zero-order valence-corrected chi connectivity index (χ0v) is 11.6.